The Labute approximate surface area is 125 Å². The van der Waals surface area contributed by atoms with E-state index in [1.165, 1.54) is 0 Å². The second-order valence-electron chi connectivity index (χ2n) is 5.78. The fourth-order valence-electron chi connectivity index (χ4n) is 1.35. The molecule has 0 bridgehead atoms. The summed E-state index contributed by atoms with van der Waals surface area (Å²) in [5.74, 6) is -1.81. The molecular formula is C15H24N2O4. The van der Waals surface area contributed by atoms with Crippen molar-refractivity contribution in [1.29, 1.82) is 0 Å². The predicted octanol–water partition coefficient (Wildman–Crippen LogP) is 1.48. The summed E-state index contributed by atoms with van der Waals surface area (Å²) in [6.45, 7) is 6.96. The molecule has 6 nitrogen and oxygen atoms in total. The van der Waals surface area contributed by atoms with Crippen molar-refractivity contribution in [3.8, 4) is 0 Å². The van der Waals surface area contributed by atoms with E-state index in [-0.39, 0.29) is 12.0 Å². The molecule has 6 heteroatoms. The molecule has 0 saturated carbocycles. The van der Waals surface area contributed by atoms with Crippen molar-refractivity contribution in [3.05, 3.63) is 35.9 Å². The maximum Gasteiger partial charge on any atom is 0.325 e. The van der Waals surface area contributed by atoms with E-state index in [9.17, 15) is 9.59 Å². The Morgan fingerprint density at radius 2 is 1.71 bits per heavy atom. The molecule has 0 heterocycles. The van der Waals surface area contributed by atoms with Crippen molar-refractivity contribution in [3.63, 3.8) is 0 Å². The molecule has 1 aromatic carbocycles. The van der Waals surface area contributed by atoms with E-state index < -0.39 is 18.0 Å². The number of carboxylic acids is 2. The number of hydrogen-bond donors (Lipinski definition) is 4. The highest BCUT2D eigenvalue weighted by atomic mass is 16.4. The second kappa shape index (κ2) is 9.10. The van der Waals surface area contributed by atoms with Crippen LogP contribution in [0.1, 0.15) is 32.4 Å². The van der Waals surface area contributed by atoms with E-state index in [1.54, 1.807) is 24.3 Å². The third-order valence-electron chi connectivity index (χ3n) is 2.36. The monoisotopic (exact) mass is 296 g/mol. The van der Waals surface area contributed by atoms with Gasteiger partial charge < -0.3 is 21.3 Å². The zero-order valence-corrected chi connectivity index (χ0v) is 12.7. The van der Waals surface area contributed by atoms with Crippen molar-refractivity contribution < 1.29 is 19.8 Å². The first-order valence-electron chi connectivity index (χ1n) is 6.59. The molecule has 0 saturated heterocycles. The molecule has 5 N–H and O–H groups in total. The number of carbonyl (C=O) groups is 2. The molecule has 0 spiro atoms. The largest absolute Gasteiger partial charge is 0.480 e. The van der Waals surface area contributed by atoms with Crippen LogP contribution in [-0.4, -0.2) is 35.2 Å². The lowest BCUT2D eigenvalue weighted by molar-refractivity contribution is -0.139. The normalized spacial score (nSPS) is 12.0. The number of hydrogen-bond acceptors (Lipinski definition) is 4. The van der Waals surface area contributed by atoms with Crippen molar-refractivity contribution in [2.24, 2.45) is 11.1 Å². The van der Waals surface area contributed by atoms with E-state index in [0.29, 0.717) is 5.56 Å². The van der Waals surface area contributed by atoms with Crippen LogP contribution in [0, 0.1) is 5.41 Å². The average Bonchev–Trinajstić information content (AvgIpc) is 2.37. The van der Waals surface area contributed by atoms with E-state index >= 15 is 0 Å². The van der Waals surface area contributed by atoms with Gasteiger partial charge in [0.1, 0.15) is 6.04 Å². The molecule has 1 rings (SSSR count). The SMILES string of the molecule is CC(C)(C)CNCC(=O)O.NC(C(=O)O)c1ccccc1. The molecule has 0 fully saturated rings. The van der Waals surface area contributed by atoms with E-state index in [4.69, 9.17) is 15.9 Å². The highest BCUT2D eigenvalue weighted by molar-refractivity contribution is 5.75. The molecule has 1 unspecified atom stereocenters. The first-order chi connectivity index (χ1) is 9.63. The Morgan fingerprint density at radius 3 is 2.10 bits per heavy atom. The van der Waals surface area contributed by atoms with Gasteiger partial charge in [0, 0.05) is 6.54 Å². The summed E-state index contributed by atoms with van der Waals surface area (Å²) in [6.07, 6.45) is 0. The van der Waals surface area contributed by atoms with Gasteiger partial charge in [-0.2, -0.15) is 0 Å². The second-order valence-corrected chi connectivity index (χ2v) is 5.78. The molecule has 1 atom stereocenters. The van der Waals surface area contributed by atoms with Gasteiger partial charge in [-0.15, -0.1) is 0 Å². The first-order valence-corrected chi connectivity index (χ1v) is 6.59. The fraction of sp³-hybridized carbons (Fsp3) is 0.467. The van der Waals surface area contributed by atoms with Gasteiger partial charge >= 0.3 is 11.9 Å². The maximum atomic E-state index is 10.4. The Morgan fingerprint density at radius 1 is 1.19 bits per heavy atom. The van der Waals surface area contributed by atoms with Crippen LogP contribution >= 0.6 is 0 Å². The quantitative estimate of drug-likeness (QED) is 0.654. The Hall–Kier alpha value is -1.92. The van der Waals surface area contributed by atoms with Gasteiger partial charge in [-0.3, -0.25) is 9.59 Å². The standard InChI is InChI=1S/C8H9NO2.C7H15NO2/c9-7(8(10)11)6-4-2-1-3-5-6;1-7(2,3)5-8-4-6(9)10/h1-5,7H,9H2,(H,10,11);8H,4-5H2,1-3H3,(H,9,10). The topological polar surface area (TPSA) is 113 Å². The lowest BCUT2D eigenvalue weighted by Crippen LogP contribution is -2.31. The van der Waals surface area contributed by atoms with Gasteiger partial charge in [0.05, 0.1) is 6.54 Å². The van der Waals surface area contributed by atoms with Crippen LogP contribution in [0.15, 0.2) is 30.3 Å². The van der Waals surface area contributed by atoms with Gasteiger partial charge in [0.15, 0.2) is 0 Å². The summed E-state index contributed by atoms with van der Waals surface area (Å²) in [6, 6.07) is 7.82. The minimum atomic E-state index is -1.00. The predicted molar refractivity (Wildman–Crippen MR) is 81.0 cm³/mol. The van der Waals surface area contributed by atoms with Crippen molar-refractivity contribution >= 4 is 11.9 Å². The molecule has 0 aliphatic heterocycles. The van der Waals surface area contributed by atoms with Crippen LogP contribution in [0.5, 0.6) is 0 Å². The van der Waals surface area contributed by atoms with Gasteiger partial charge in [-0.25, -0.2) is 0 Å². The summed E-state index contributed by atoms with van der Waals surface area (Å²) in [4.78, 5) is 20.4. The third-order valence-corrected chi connectivity index (χ3v) is 2.36. The molecular weight excluding hydrogens is 272 g/mol. The summed E-state index contributed by atoms with van der Waals surface area (Å²) in [5.41, 5.74) is 6.13. The van der Waals surface area contributed by atoms with Crippen molar-refractivity contribution in [1.82, 2.24) is 5.32 Å². The van der Waals surface area contributed by atoms with Gasteiger partial charge in [0.2, 0.25) is 0 Å². The number of nitrogens with one attached hydrogen (secondary N) is 1. The zero-order valence-electron chi connectivity index (χ0n) is 12.7. The Balaban J connectivity index is 0.000000384. The highest BCUT2D eigenvalue weighted by Crippen LogP contribution is 2.09. The molecule has 0 aliphatic rings. The zero-order chi connectivity index (χ0) is 16.5. The van der Waals surface area contributed by atoms with E-state index in [0.717, 1.165) is 6.54 Å². The highest BCUT2D eigenvalue weighted by Gasteiger charge is 2.12. The number of aliphatic carboxylic acids is 2. The molecule has 0 aromatic heterocycles. The number of nitrogens with two attached hydrogens (primary N) is 1. The smallest absolute Gasteiger partial charge is 0.325 e. The van der Waals surface area contributed by atoms with Gasteiger partial charge in [-0.1, -0.05) is 51.1 Å². The first kappa shape index (κ1) is 19.1. The molecule has 0 radical (unpaired) electrons. The summed E-state index contributed by atoms with van der Waals surface area (Å²) in [7, 11) is 0. The molecule has 118 valence electrons. The van der Waals surface area contributed by atoms with Crippen LogP contribution < -0.4 is 11.1 Å². The Kier molecular flexibility index (Phi) is 8.26. The minimum absolute atomic E-state index is 0.0528. The van der Waals surface area contributed by atoms with Crippen LogP contribution in [0.3, 0.4) is 0 Å². The van der Waals surface area contributed by atoms with Gasteiger partial charge in [0.25, 0.3) is 0 Å². The average molecular weight is 296 g/mol. The number of carboxylic acid groups (broad SMARTS) is 2. The van der Waals surface area contributed by atoms with E-state index in [1.807, 2.05) is 6.07 Å². The number of rotatable bonds is 5. The molecule has 0 amide bonds. The van der Waals surface area contributed by atoms with Crippen LogP contribution in [0.4, 0.5) is 0 Å². The summed E-state index contributed by atoms with van der Waals surface area (Å²) >= 11 is 0. The lowest BCUT2D eigenvalue weighted by Gasteiger charge is -2.17. The third kappa shape index (κ3) is 10.5. The Bertz CT molecular complexity index is 441. The van der Waals surface area contributed by atoms with Gasteiger partial charge in [-0.05, 0) is 11.0 Å². The fourth-order valence-corrected chi connectivity index (χ4v) is 1.35. The summed E-state index contributed by atoms with van der Waals surface area (Å²) < 4.78 is 0. The lowest BCUT2D eigenvalue weighted by atomic mass is 9.97. The van der Waals surface area contributed by atoms with Crippen LogP contribution in [-0.2, 0) is 9.59 Å². The minimum Gasteiger partial charge on any atom is -0.480 e. The van der Waals surface area contributed by atoms with Crippen LogP contribution in [0.2, 0.25) is 0 Å². The molecule has 21 heavy (non-hydrogen) atoms. The van der Waals surface area contributed by atoms with Crippen molar-refractivity contribution in [2.45, 2.75) is 26.8 Å². The maximum absolute atomic E-state index is 10.4. The van der Waals surface area contributed by atoms with Crippen molar-refractivity contribution in [2.75, 3.05) is 13.1 Å². The van der Waals surface area contributed by atoms with E-state index in [2.05, 4.69) is 26.1 Å². The molecule has 1 aromatic rings. The summed E-state index contributed by atoms with van der Waals surface area (Å²) in [5, 5.41) is 19.6. The molecule has 0 aliphatic carbocycles. The van der Waals surface area contributed by atoms with Crippen LogP contribution in [0.25, 0.3) is 0 Å². The number of benzene rings is 1.